The zero-order chi connectivity index (χ0) is 13.6. The van der Waals surface area contributed by atoms with Gasteiger partial charge in [0.1, 0.15) is 5.82 Å². The highest BCUT2D eigenvalue weighted by molar-refractivity contribution is 9.10. The molecule has 19 heavy (non-hydrogen) atoms. The topological polar surface area (TPSA) is 20.3 Å². The second kappa shape index (κ2) is 4.31. The average Bonchev–Trinajstić information content (AvgIpc) is 2.64. The van der Waals surface area contributed by atoms with Gasteiger partial charge in [0.05, 0.1) is 11.4 Å². The quantitative estimate of drug-likeness (QED) is 0.771. The third-order valence-corrected chi connectivity index (χ3v) is 3.73. The third kappa shape index (κ3) is 1.79. The van der Waals surface area contributed by atoms with Gasteiger partial charge in [-0.1, -0.05) is 24.8 Å². The summed E-state index contributed by atoms with van der Waals surface area (Å²) in [5.74, 6) is -0.502. The van der Waals surface area contributed by atoms with Crippen molar-refractivity contribution in [1.29, 1.82) is 0 Å². The summed E-state index contributed by atoms with van der Waals surface area (Å²) in [7, 11) is 0. The highest BCUT2D eigenvalue weighted by atomic mass is 79.9. The van der Waals surface area contributed by atoms with Gasteiger partial charge >= 0.3 is 0 Å². The predicted molar refractivity (Wildman–Crippen MR) is 76.4 cm³/mol. The van der Waals surface area contributed by atoms with Crippen LogP contribution in [0.5, 0.6) is 0 Å². The minimum Gasteiger partial charge on any atom is -0.276 e. The second-order valence-electron chi connectivity index (χ2n) is 4.23. The van der Waals surface area contributed by atoms with Gasteiger partial charge < -0.3 is 0 Å². The summed E-state index contributed by atoms with van der Waals surface area (Å²) in [6.07, 6.45) is 0. The molecule has 1 aliphatic rings. The van der Waals surface area contributed by atoms with Crippen LogP contribution in [0.25, 0.3) is 5.70 Å². The number of hydrogen-bond donors (Lipinski definition) is 0. The third-order valence-electron chi connectivity index (χ3n) is 3.09. The van der Waals surface area contributed by atoms with Crippen molar-refractivity contribution in [1.82, 2.24) is 0 Å². The Balaban J connectivity index is 2.14. The van der Waals surface area contributed by atoms with Gasteiger partial charge in [-0.3, -0.25) is 9.69 Å². The van der Waals surface area contributed by atoms with E-state index in [4.69, 9.17) is 0 Å². The summed E-state index contributed by atoms with van der Waals surface area (Å²) in [6, 6.07) is 11.5. The molecule has 0 aliphatic carbocycles. The summed E-state index contributed by atoms with van der Waals surface area (Å²) in [6.45, 7) is 3.96. The standard InChI is InChI=1S/C15H9BrFNO/c1-9-11-4-2-3-5-12(11)15(19)18(9)14-7-6-10(17)8-13(14)16/h2-8H,1H2. The molecule has 0 unspecified atom stereocenters. The highest BCUT2D eigenvalue weighted by Crippen LogP contribution is 2.39. The number of hydrogen-bond acceptors (Lipinski definition) is 1. The second-order valence-corrected chi connectivity index (χ2v) is 5.08. The summed E-state index contributed by atoms with van der Waals surface area (Å²) >= 11 is 3.28. The molecule has 1 aliphatic heterocycles. The van der Waals surface area contributed by atoms with Gasteiger partial charge in [-0.15, -0.1) is 0 Å². The number of benzene rings is 2. The molecule has 1 heterocycles. The van der Waals surface area contributed by atoms with Crippen LogP contribution in [-0.2, 0) is 0 Å². The lowest BCUT2D eigenvalue weighted by Gasteiger charge is -2.19. The fourth-order valence-corrected chi connectivity index (χ4v) is 2.73. The van der Waals surface area contributed by atoms with Gasteiger partial charge in [0, 0.05) is 15.6 Å². The maximum absolute atomic E-state index is 13.1. The molecule has 0 N–H and O–H groups in total. The first-order chi connectivity index (χ1) is 9.09. The first kappa shape index (κ1) is 12.1. The molecule has 0 saturated heterocycles. The van der Waals surface area contributed by atoms with E-state index in [9.17, 15) is 9.18 Å². The SMILES string of the molecule is C=C1c2ccccc2C(=O)N1c1ccc(F)cc1Br. The van der Waals surface area contributed by atoms with E-state index in [2.05, 4.69) is 22.5 Å². The molecule has 94 valence electrons. The van der Waals surface area contributed by atoms with Gasteiger partial charge in [-0.2, -0.15) is 0 Å². The number of anilines is 1. The Kier molecular flexibility index (Phi) is 2.75. The van der Waals surface area contributed by atoms with Crippen molar-refractivity contribution in [3.05, 3.63) is 70.5 Å². The molecule has 0 atom stereocenters. The molecular formula is C15H9BrFNO. The van der Waals surface area contributed by atoms with Gasteiger partial charge in [0.2, 0.25) is 0 Å². The van der Waals surface area contributed by atoms with Crippen molar-refractivity contribution in [2.45, 2.75) is 0 Å². The fourth-order valence-electron chi connectivity index (χ4n) is 2.20. The highest BCUT2D eigenvalue weighted by Gasteiger charge is 2.32. The van der Waals surface area contributed by atoms with Gasteiger partial charge in [0.15, 0.2) is 0 Å². The van der Waals surface area contributed by atoms with Crippen molar-refractivity contribution < 1.29 is 9.18 Å². The minimum absolute atomic E-state index is 0.145. The van der Waals surface area contributed by atoms with Crippen LogP contribution in [0.3, 0.4) is 0 Å². The molecular weight excluding hydrogens is 309 g/mol. The summed E-state index contributed by atoms with van der Waals surface area (Å²) in [5, 5.41) is 0. The Morgan fingerprint density at radius 3 is 2.42 bits per heavy atom. The van der Waals surface area contributed by atoms with Crippen LogP contribution in [0.1, 0.15) is 15.9 Å². The molecule has 2 aromatic carbocycles. The number of amides is 1. The lowest BCUT2D eigenvalue weighted by atomic mass is 10.1. The average molecular weight is 318 g/mol. The molecule has 0 radical (unpaired) electrons. The van der Waals surface area contributed by atoms with E-state index in [0.717, 1.165) is 5.56 Å². The molecule has 2 nitrogen and oxygen atoms in total. The number of carbonyl (C=O) groups excluding carboxylic acids is 1. The molecule has 3 rings (SSSR count). The Morgan fingerprint density at radius 2 is 1.79 bits per heavy atom. The predicted octanol–water partition coefficient (Wildman–Crippen LogP) is 4.22. The summed E-state index contributed by atoms with van der Waals surface area (Å²) in [5.41, 5.74) is 2.62. The number of nitrogens with zero attached hydrogens (tertiary/aromatic N) is 1. The molecule has 0 saturated carbocycles. The van der Waals surface area contributed by atoms with Crippen molar-refractivity contribution >= 4 is 33.2 Å². The smallest absolute Gasteiger partial charge is 0.263 e. The van der Waals surface area contributed by atoms with E-state index < -0.39 is 0 Å². The lowest BCUT2D eigenvalue weighted by molar-refractivity contribution is 0.101. The molecule has 2 aromatic rings. The Bertz CT molecular complexity index is 676. The number of carbonyl (C=O) groups is 1. The largest absolute Gasteiger partial charge is 0.276 e. The van der Waals surface area contributed by atoms with Crippen molar-refractivity contribution in [2.24, 2.45) is 0 Å². The molecule has 1 amide bonds. The maximum Gasteiger partial charge on any atom is 0.263 e. The number of rotatable bonds is 1. The van der Waals surface area contributed by atoms with Crippen LogP contribution in [-0.4, -0.2) is 5.91 Å². The normalized spacial score (nSPS) is 13.9. The van der Waals surface area contributed by atoms with E-state index in [1.54, 1.807) is 12.1 Å². The monoisotopic (exact) mass is 317 g/mol. The fraction of sp³-hybridized carbons (Fsp3) is 0. The first-order valence-electron chi connectivity index (χ1n) is 5.67. The molecule has 0 bridgehead atoms. The first-order valence-corrected chi connectivity index (χ1v) is 6.46. The van der Waals surface area contributed by atoms with E-state index >= 15 is 0 Å². The van der Waals surface area contributed by atoms with E-state index in [1.807, 2.05) is 18.2 Å². The van der Waals surface area contributed by atoms with Gasteiger partial charge in [0.25, 0.3) is 5.91 Å². The van der Waals surface area contributed by atoms with E-state index in [0.29, 0.717) is 21.4 Å². The molecule has 4 heteroatoms. The van der Waals surface area contributed by atoms with E-state index in [-0.39, 0.29) is 11.7 Å². The Labute approximate surface area is 118 Å². The van der Waals surface area contributed by atoms with Crippen LogP contribution >= 0.6 is 15.9 Å². The zero-order valence-electron chi connectivity index (χ0n) is 9.86. The molecule has 0 spiro atoms. The van der Waals surface area contributed by atoms with Gasteiger partial charge in [-0.05, 0) is 40.2 Å². The Morgan fingerprint density at radius 1 is 1.11 bits per heavy atom. The van der Waals surface area contributed by atoms with Gasteiger partial charge in [-0.25, -0.2) is 4.39 Å². The maximum atomic E-state index is 13.1. The molecule has 0 fully saturated rings. The van der Waals surface area contributed by atoms with Crippen LogP contribution < -0.4 is 4.90 Å². The van der Waals surface area contributed by atoms with Crippen LogP contribution in [0.4, 0.5) is 10.1 Å². The van der Waals surface area contributed by atoms with Crippen molar-refractivity contribution in [2.75, 3.05) is 4.90 Å². The van der Waals surface area contributed by atoms with Crippen LogP contribution in [0.2, 0.25) is 0 Å². The number of halogens is 2. The lowest BCUT2D eigenvalue weighted by Crippen LogP contribution is -2.22. The van der Waals surface area contributed by atoms with Crippen molar-refractivity contribution in [3.63, 3.8) is 0 Å². The molecule has 0 aromatic heterocycles. The Hall–Kier alpha value is -1.94. The minimum atomic E-state index is -0.356. The van der Waals surface area contributed by atoms with Crippen LogP contribution in [0.15, 0.2) is 53.5 Å². The van der Waals surface area contributed by atoms with Crippen molar-refractivity contribution in [3.8, 4) is 0 Å². The van der Waals surface area contributed by atoms with E-state index in [1.165, 1.54) is 17.0 Å². The zero-order valence-corrected chi connectivity index (χ0v) is 11.4. The summed E-state index contributed by atoms with van der Waals surface area (Å²) in [4.78, 5) is 13.9. The van der Waals surface area contributed by atoms with Crippen LogP contribution in [0, 0.1) is 5.82 Å². The summed E-state index contributed by atoms with van der Waals surface area (Å²) < 4.78 is 13.7. The number of fused-ring (bicyclic) bond motifs is 1.